The Hall–Kier alpha value is -2.01. The van der Waals surface area contributed by atoms with Gasteiger partial charge in [-0.15, -0.1) is 11.3 Å². The second kappa shape index (κ2) is 7.31. The van der Waals surface area contributed by atoms with Crippen LogP contribution in [0.4, 0.5) is 0 Å². The summed E-state index contributed by atoms with van der Waals surface area (Å²) in [6.07, 6.45) is 0.962. The van der Waals surface area contributed by atoms with Crippen LogP contribution >= 0.6 is 22.9 Å². The Balaban J connectivity index is 1.76. The molecule has 3 aromatic rings. The van der Waals surface area contributed by atoms with Gasteiger partial charge in [-0.3, -0.25) is 0 Å². The first-order chi connectivity index (χ1) is 12.6. The van der Waals surface area contributed by atoms with Gasteiger partial charge in [-0.05, 0) is 44.8 Å². The first-order valence-corrected chi connectivity index (χ1v) is 9.80. The molecule has 2 heterocycles. The van der Waals surface area contributed by atoms with Gasteiger partial charge in [-0.25, -0.2) is 0 Å². The summed E-state index contributed by atoms with van der Waals surface area (Å²) < 4.78 is 13.2. The maximum atomic E-state index is 6.35. The van der Waals surface area contributed by atoms with Gasteiger partial charge in [-0.1, -0.05) is 35.9 Å². The summed E-state index contributed by atoms with van der Waals surface area (Å²) in [5.74, 6) is 2.36. The molecule has 3 nitrogen and oxygen atoms in total. The lowest BCUT2D eigenvalue weighted by Crippen LogP contribution is -2.15. The zero-order chi connectivity index (χ0) is 18.1. The minimum absolute atomic E-state index is 0.650. The van der Waals surface area contributed by atoms with Gasteiger partial charge in [0.25, 0.3) is 0 Å². The van der Waals surface area contributed by atoms with Crippen molar-refractivity contribution in [2.24, 2.45) is 0 Å². The van der Waals surface area contributed by atoms with Crippen molar-refractivity contribution < 1.29 is 9.47 Å². The van der Waals surface area contributed by atoms with Crippen molar-refractivity contribution in [1.82, 2.24) is 4.90 Å². The largest absolute Gasteiger partial charge is 0.490 e. The van der Waals surface area contributed by atoms with Crippen LogP contribution in [0.25, 0.3) is 21.6 Å². The van der Waals surface area contributed by atoms with Crippen LogP contribution in [0, 0.1) is 0 Å². The minimum Gasteiger partial charge on any atom is -0.490 e. The molecule has 26 heavy (non-hydrogen) atoms. The van der Waals surface area contributed by atoms with Crippen LogP contribution in [0.5, 0.6) is 17.2 Å². The van der Waals surface area contributed by atoms with E-state index in [1.807, 2.05) is 36.4 Å². The number of hydrogen-bond acceptors (Lipinski definition) is 4. The number of hydrogen-bond donors (Lipinski definition) is 0. The van der Waals surface area contributed by atoms with E-state index in [0.717, 1.165) is 56.1 Å². The SMILES string of the molecule is CN(C)CCCOc1cccc2c1Oc1ccccc1-c1cc(Cl)sc1-2. The molecule has 5 heteroatoms. The van der Waals surface area contributed by atoms with E-state index in [9.17, 15) is 0 Å². The highest BCUT2D eigenvalue weighted by molar-refractivity contribution is 7.20. The summed E-state index contributed by atoms with van der Waals surface area (Å²) >= 11 is 7.92. The fraction of sp³-hybridized carbons (Fsp3) is 0.238. The maximum absolute atomic E-state index is 6.35. The van der Waals surface area contributed by atoms with Crippen LogP contribution in [0.2, 0.25) is 4.34 Å². The normalized spacial score (nSPS) is 12.0. The first kappa shape index (κ1) is 17.4. The summed E-state index contributed by atoms with van der Waals surface area (Å²) in [7, 11) is 4.13. The van der Waals surface area contributed by atoms with E-state index in [2.05, 4.69) is 31.1 Å². The molecule has 0 spiro atoms. The first-order valence-electron chi connectivity index (χ1n) is 8.61. The molecule has 2 aromatic carbocycles. The summed E-state index contributed by atoms with van der Waals surface area (Å²) in [6.45, 7) is 1.64. The standard InChI is InChI=1S/C21H20ClNO2S/c1-23(2)11-6-12-24-18-10-5-8-15-20(18)25-17-9-4-3-7-14(17)16-13-19(22)26-21(15)16/h3-5,7-10,13H,6,11-12H2,1-2H3. The maximum Gasteiger partial charge on any atom is 0.177 e. The van der Waals surface area contributed by atoms with Gasteiger partial charge in [0.15, 0.2) is 11.5 Å². The third kappa shape index (κ3) is 3.32. The summed E-state index contributed by atoms with van der Waals surface area (Å²) in [6, 6.07) is 16.1. The Kier molecular flexibility index (Phi) is 4.90. The van der Waals surface area contributed by atoms with Crippen molar-refractivity contribution in [3.8, 4) is 38.8 Å². The van der Waals surface area contributed by atoms with Crippen molar-refractivity contribution in [2.75, 3.05) is 27.2 Å². The van der Waals surface area contributed by atoms with Crippen molar-refractivity contribution in [2.45, 2.75) is 6.42 Å². The molecule has 0 bridgehead atoms. The molecule has 1 aliphatic rings. The third-order valence-electron chi connectivity index (χ3n) is 4.32. The summed E-state index contributed by atoms with van der Waals surface area (Å²) in [5, 5.41) is 0. The molecule has 1 aromatic heterocycles. The Morgan fingerprint density at radius 2 is 1.85 bits per heavy atom. The Bertz CT molecular complexity index is 936. The Morgan fingerprint density at radius 1 is 1.04 bits per heavy atom. The number of thiophene rings is 1. The van der Waals surface area contributed by atoms with Gasteiger partial charge in [0.05, 0.1) is 10.9 Å². The van der Waals surface area contributed by atoms with E-state index in [-0.39, 0.29) is 0 Å². The number of benzene rings is 2. The molecule has 0 unspecified atom stereocenters. The molecule has 4 rings (SSSR count). The van der Waals surface area contributed by atoms with Crippen LogP contribution in [0.1, 0.15) is 6.42 Å². The van der Waals surface area contributed by atoms with Gasteiger partial charge in [0.2, 0.25) is 0 Å². The molecule has 0 fully saturated rings. The molecular formula is C21H20ClNO2S. The van der Waals surface area contributed by atoms with Crippen LogP contribution in [0.15, 0.2) is 48.5 Å². The number of fused-ring (bicyclic) bond motifs is 5. The second-order valence-electron chi connectivity index (χ2n) is 6.53. The molecule has 0 amide bonds. The molecule has 0 radical (unpaired) electrons. The van der Waals surface area contributed by atoms with Crippen molar-refractivity contribution in [3.05, 3.63) is 52.9 Å². The highest BCUT2D eigenvalue weighted by Crippen LogP contribution is 2.53. The van der Waals surface area contributed by atoms with E-state index in [1.54, 1.807) is 11.3 Å². The molecule has 0 aliphatic carbocycles. The molecule has 0 N–H and O–H groups in total. The smallest absolute Gasteiger partial charge is 0.177 e. The second-order valence-corrected chi connectivity index (χ2v) is 8.21. The van der Waals surface area contributed by atoms with E-state index >= 15 is 0 Å². The van der Waals surface area contributed by atoms with E-state index in [1.165, 1.54) is 0 Å². The van der Waals surface area contributed by atoms with Gasteiger partial charge >= 0.3 is 0 Å². The van der Waals surface area contributed by atoms with Gasteiger partial charge < -0.3 is 14.4 Å². The van der Waals surface area contributed by atoms with Crippen molar-refractivity contribution in [1.29, 1.82) is 0 Å². The topological polar surface area (TPSA) is 21.7 Å². The number of halogens is 1. The molecular weight excluding hydrogens is 366 g/mol. The zero-order valence-electron chi connectivity index (χ0n) is 14.8. The lowest BCUT2D eigenvalue weighted by atomic mass is 10.0. The van der Waals surface area contributed by atoms with Crippen molar-refractivity contribution >= 4 is 22.9 Å². The average Bonchev–Trinajstić information content (AvgIpc) is 2.95. The van der Waals surface area contributed by atoms with E-state index in [4.69, 9.17) is 21.1 Å². The minimum atomic E-state index is 0.650. The number of rotatable bonds is 5. The fourth-order valence-corrected chi connectivity index (χ4v) is 4.39. The lowest BCUT2D eigenvalue weighted by molar-refractivity contribution is 0.273. The number of ether oxygens (including phenoxy) is 2. The summed E-state index contributed by atoms with van der Waals surface area (Å²) in [4.78, 5) is 3.27. The van der Waals surface area contributed by atoms with Crippen molar-refractivity contribution in [3.63, 3.8) is 0 Å². The zero-order valence-corrected chi connectivity index (χ0v) is 16.4. The highest BCUT2D eigenvalue weighted by Gasteiger charge is 2.25. The van der Waals surface area contributed by atoms with Crippen LogP contribution < -0.4 is 9.47 Å². The monoisotopic (exact) mass is 385 g/mol. The highest BCUT2D eigenvalue weighted by atomic mass is 35.5. The predicted molar refractivity (Wildman–Crippen MR) is 109 cm³/mol. The van der Waals surface area contributed by atoms with Crippen LogP contribution in [0.3, 0.4) is 0 Å². The predicted octanol–water partition coefficient (Wildman–Crippen LogP) is 6.17. The van der Waals surface area contributed by atoms with Gasteiger partial charge in [0.1, 0.15) is 5.75 Å². The summed E-state index contributed by atoms with van der Waals surface area (Å²) in [5.41, 5.74) is 3.19. The number of para-hydroxylation sites is 2. The quantitative estimate of drug-likeness (QED) is 0.383. The van der Waals surface area contributed by atoms with Crippen LogP contribution in [-0.2, 0) is 0 Å². The Labute approximate surface area is 162 Å². The number of nitrogens with zero attached hydrogens (tertiary/aromatic N) is 1. The van der Waals surface area contributed by atoms with Gasteiger partial charge in [0, 0.05) is 28.1 Å². The molecule has 0 atom stereocenters. The van der Waals surface area contributed by atoms with Gasteiger partial charge in [-0.2, -0.15) is 0 Å². The lowest BCUT2D eigenvalue weighted by Gasteiger charge is -2.15. The average molecular weight is 386 g/mol. The molecule has 0 saturated heterocycles. The fourth-order valence-electron chi connectivity index (χ4n) is 3.13. The molecule has 1 aliphatic heterocycles. The third-order valence-corrected chi connectivity index (χ3v) is 5.62. The Morgan fingerprint density at radius 3 is 2.69 bits per heavy atom. The molecule has 134 valence electrons. The van der Waals surface area contributed by atoms with E-state index < -0.39 is 0 Å². The van der Waals surface area contributed by atoms with Crippen LogP contribution in [-0.4, -0.2) is 32.1 Å². The molecule has 0 saturated carbocycles. The van der Waals surface area contributed by atoms with E-state index in [0.29, 0.717) is 6.61 Å².